The zero-order valence-electron chi connectivity index (χ0n) is 38.8. The van der Waals surface area contributed by atoms with Gasteiger partial charge in [-0.2, -0.15) is 0 Å². The molecule has 0 amide bonds. The van der Waals surface area contributed by atoms with Gasteiger partial charge in [0.25, 0.3) is 70.4 Å². The molecule has 37 nitrogen and oxygen atoms in total. The summed E-state index contributed by atoms with van der Waals surface area (Å²) in [7, 11) is -46.1. The Hall–Kier alpha value is 0.950. The maximum Gasteiger partial charge on any atom is 0.268 e. The first-order valence-corrected chi connectivity index (χ1v) is 33.8. The second kappa shape index (κ2) is 36.3. The molecular weight excluding hydrogens is 1200 g/mol. The minimum absolute atomic E-state index is 0.0357. The van der Waals surface area contributed by atoms with Crippen molar-refractivity contribution in [2.24, 2.45) is 17.8 Å². The van der Waals surface area contributed by atoms with Gasteiger partial charge in [-0.25, -0.2) is 0 Å². The molecule has 0 saturated carbocycles. The normalized spacial score (nSPS) is 21.1. The van der Waals surface area contributed by atoms with E-state index in [0.29, 0.717) is 6.42 Å². The SMILES string of the molecule is CCC(CO)COP(=O)([O-])OCCOP(=O)([O-])OCCOP(=O)([O-])OCCOP(=O)([O-])OCC(CC)COP(=O)([O-])OCCOP(=O)([O-])OCCOP(=O)([O-])OCCOP(=O)([O-])OCC(CC)COP(=O)([O-])O. The molecule has 0 aliphatic carbocycles. The van der Waals surface area contributed by atoms with Crippen LogP contribution in [-0.4, -0.2) is 129 Å². The average molecular weight is 1250 g/mol. The Bertz CT molecular complexity index is 1980. The highest BCUT2D eigenvalue weighted by Gasteiger charge is 2.22. The Kier molecular flexibility index (Phi) is 36.8. The van der Waals surface area contributed by atoms with Gasteiger partial charge in [-0.15, -0.1) is 0 Å². The molecule has 0 aliphatic heterocycles. The predicted molar refractivity (Wildman–Crippen MR) is 220 cm³/mol. The van der Waals surface area contributed by atoms with Crippen molar-refractivity contribution in [3.63, 3.8) is 0 Å². The predicted octanol–water partition coefficient (Wildman–Crippen LogP) is -2.45. The number of aliphatic hydroxyl groups excluding tert-OH is 1. The van der Waals surface area contributed by atoms with Crippen molar-refractivity contribution in [2.75, 3.05) is 119 Å². The van der Waals surface area contributed by atoms with Crippen LogP contribution in [0.1, 0.15) is 40.0 Å². The number of hydrogen-bond donors (Lipinski definition) is 2. The fourth-order valence-corrected chi connectivity index (χ4v) is 10.1. The lowest BCUT2D eigenvalue weighted by atomic mass is 10.1. The highest BCUT2D eigenvalue weighted by Crippen LogP contribution is 2.46. The van der Waals surface area contributed by atoms with Gasteiger partial charge in [0, 0.05) is 24.4 Å². The summed E-state index contributed by atoms with van der Waals surface area (Å²) >= 11 is 0. The third kappa shape index (κ3) is 42.5. The molecule has 12 atom stereocenters. The van der Waals surface area contributed by atoms with Gasteiger partial charge in [-0.3, -0.25) is 41.1 Å². The molecule has 0 saturated heterocycles. The molecule has 2 N–H and O–H groups in total. The lowest BCUT2D eigenvalue weighted by Crippen LogP contribution is -2.21. The van der Waals surface area contributed by atoms with Crippen LogP contribution in [0, 0.1) is 17.8 Å². The highest BCUT2D eigenvalue weighted by atomic mass is 31.2. The van der Waals surface area contributed by atoms with E-state index in [4.69, 9.17) is 10.00 Å². The quantitative estimate of drug-likeness (QED) is 0.0471. The van der Waals surface area contributed by atoms with Crippen molar-refractivity contribution in [1.29, 1.82) is 0 Å². The van der Waals surface area contributed by atoms with Gasteiger partial charge in [0.05, 0.1) is 112 Å². The maximum atomic E-state index is 12.1. The number of phosphoric ester groups is 9. The van der Waals surface area contributed by atoms with Gasteiger partial charge in [0.15, 0.2) is 0 Å². The van der Waals surface area contributed by atoms with Crippen LogP contribution >= 0.6 is 70.4 Å². The molecule has 0 heterocycles. The van der Waals surface area contributed by atoms with Gasteiger partial charge in [0.2, 0.25) is 0 Å². The first kappa shape index (κ1) is 74.0. The Morgan fingerprint density at radius 1 is 0.288 bits per heavy atom. The summed E-state index contributed by atoms with van der Waals surface area (Å²) in [5.41, 5.74) is 0. The lowest BCUT2D eigenvalue weighted by molar-refractivity contribution is -0.238. The van der Waals surface area contributed by atoms with Crippen molar-refractivity contribution >= 4 is 70.4 Å². The highest BCUT2D eigenvalue weighted by molar-refractivity contribution is 7.48. The van der Waals surface area contributed by atoms with Crippen LogP contribution in [0.4, 0.5) is 0 Å². The van der Waals surface area contributed by atoms with E-state index in [0.717, 1.165) is 0 Å². The molecule has 0 rings (SSSR count). The van der Waals surface area contributed by atoms with Crippen molar-refractivity contribution in [3.05, 3.63) is 0 Å². The molecule has 12 unspecified atom stereocenters. The molecule has 0 aromatic rings. The summed E-state index contributed by atoms with van der Waals surface area (Å²) in [5, 5.41) is 9.05. The first-order valence-electron chi connectivity index (χ1n) is 20.6. The third-order valence-corrected chi connectivity index (χ3v) is 16.2. The first-order chi connectivity index (χ1) is 33.5. The third-order valence-electron chi connectivity index (χ3n) is 7.83. The van der Waals surface area contributed by atoms with E-state index in [1.165, 1.54) is 13.8 Å². The van der Waals surface area contributed by atoms with Crippen LogP contribution in [0.3, 0.4) is 0 Å². The summed E-state index contributed by atoms with van der Waals surface area (Å²) < 4.78 is 181. The molecule has 0 radical (unpaired) electrons. The standard InChI is InChI=1S/C27H65O37P9/c1-4-25(19-28)20-61-70(40,41)56-15-11-52-66(32,33)48-7-8-50-68(36,37)54-13-17-58-72(44,45)63-23-27(6-3)24-64-73(46,47)59-18-14-55-69(38,39)51-10-9-49-67(34,35)53-12-16-57-71(42,43)62-22-26(5-2)21-60-65(29,30)31/h25-28H,4-24H2,1-3H3,(H,32,33)(H,34,35)(H,36,37)(H,38,39)(H,40,41)(H,42,43)(H,44,45)(H,46,47)(H2,29,30,31)/p-9. The molecule has 0 fully saturated rings. The second-order valence-electron chi connectivity index (χ2n) is 13.5. The van der Waals surface area contributed by atoms with Crippen molar-refractivity contribution in [3.8, 4) is 0 Å². The number of phosphoric acid groups is 9. The number of hydrogen-bond acceptors (Lipinski definition) is 36. The number of rotatable bonds is 49. The monoisotopic (exact) mass is 1250 g/mol. The minimum atomic E-state index is -5.23. The van der Waals surface area contributed by atoms with E-state index in [2.05, 4.69) is 76.9 Å². The van der Waals surface area contributed by atoms with E-state index in [1.54, 1.807) is 6.92 Å². The largest absolute Gasteiger partial charge is 0.756 e. The van der Waals surface area contributed by atoms with Crippen LogP contribution < -0.4 is 44.0 Å². The Morgan fingerprint density at radius 3 is 0.589 bits per heavy atom. The van der Waals surface area contributed by atoms with Crippen molar-refractivity contribution in [2.45, 2.75) is 40.0 Å². The Balaban J connectivity index is 4.40. The topological polar surface area (TPSA) is 559 Å². The molecule has 440 valence electrons. The zero-order chi connectivity index (χ0) is 56.1. The van der Waals surface area contributed by atoms with Gasteiger partial charge in [-0.1, -0.05) is 20.8 Å². The molecule has 46 heteroatoms. The van der Waals surface area contributed by atoms with Crippen LogP contribution in [-0.2, 0) is 118 Å². The van der Waals surface area contributed by atoms with E-state index in [1.807, 2.05) is 0 Å². The fraction of sp³-hybridized carbons (Fsp3) is 1.00. The van der Waals surface area contributed by atoms with Gasteiger partial charge in [0.1, 0.15) is 0 Å². The summed E-state index contributed by atoms with van der Waals surface area (Å²) in [6.07, 6.45) is 0.594. The van der Waals surface area contributed by atoms with Crippen molar-refractivity contribution in [1.82, 2.24) is 0 Å². The second-order valence-corrected chi connectivity index (χ2v) is 26.0. The summed E-state index contributed by atoms with van der Waals surface area (Å²) in [6.45, 7) is -10.1. The Labute approximate surface area is 418 Å². The molecule has 73 heavy (non-hydrogen) atoms. The molecule has 0 spiro atoms. The fourth-order valence-electron chi connectivity index (χ4n) is 3.94. The summed E-state index contributed by atoms with van der Waals surface area (Å²) in [5.74, 6) is -2.26. The lowest BCUT2D eigenvalue weighted by Gasteiger charge is -2.28. The van der Waals surface area contributed by atoms with Crippen molar-refractivity contribution < 1.29 is 172 Å². The molecule has 0 aliphatic rings. The van der Waals surface area contributed by atoms with Gasteiger partial charge >= 0.3 is 0 Å². The van der Waals surface area contributed by atoms with Crippen LogP contribution in [0.5, 0.6) is 0 Å². The zero-order valence-corrected chi connectivity index (χ0v) is 46.8. The molecule has 0 bridgehead atoms. The molecular formula is C27H56O37P9-9. The smallest absolute Gasteiger partial charge is 0.268 e. The average Bonchev–Trinajstić information content (AvgIpc) is 3.27. The molecule has 0 aromatic heterocycles. The van der Waals surface area contributed by atoms with Crippen LogP contribution in [0.2, 0.25) is 0 Å². The van der Waals surface area contributed by atoms with Gasteiger partial charge < -0.3 is 131 Å². The van der Waals surface area contributed by atoms with E-state index in [-0.39, 0.29) is 26.1 Å². The molecule has 0 aromatic carbocycles. The maximum absolute atomic E-state index is 12.1. The minimum Gasteiger partial charge on any atom is -0.756 e. The Morgan fingerprint density at radius 2 is 0.438 bits per heavy atom. The van der Waals surface area contributed by atoms with Crippen LogP contribution in [0.15, 0.2) is 0 Å². The van der Waals surface area contributed by atoms with E-state index in [9.17, 15) is 85.1 Å². The summed E-state index contributed by atoms with van der Waals surface area (Å²) in [6, 6.07) is 0. The van der Waals surface area contributed by atoms with Crippen LogP contribution in [0.25, 0.3) is 0 Å². The van der Waals surface area contributed by atoms with E-state index >= 15 is 0 Å². The van der Waals surface area contributed by atoms with E-state index < -0.39 is 194 Å². The summed E-state index contributed by atoms with van der Waals surface area (Å²) in [4.78, 5) is 114. The number of aliphatic hydroxyl groups is 1. The van der Waals surface area contributed by atoms with Gasteiger partial charge in [-0.05, 0) is 19.3 Å².